The van der Waals surface area contributed by atoms with E-state index in [-0.39, 0.29) is 23.6 Å². The van der Waals surface area contributed by atoms with Crippen molar-refractivity contribution in [1.82, 2.24) is 9.88 Å². The van der Waals surface area contributed by atoms with Gasteiger partial charge in [-0.3, -0.25) is 9.59 Å². The second-order valence-electron chi connectivity index (χ2n) is 6.12. The van der Waals surface area contributed by atoms with Crippen LogP contribution in [0.25, 0.3) is 10.8 Å². The summed E-state index contributed by atoms with van der Waals surface area (Å²) < 4.78 is 1.70. The molecule has 4 nitrogen and oxygen atoms in total. The summed E-state index contributed by atoms with van der Waals surface area (Å²) in [5, 5.41) is 4.59. The summed E-state index contributed by atoms with van der Waals surface area (Å²) in [4.78, 5) is 25.2. The monoisotopic (exact) mass is 282 g/mol. The Labute approximate surface area is 122 Å². The van der Waals surface area contributed by atoms with Gasteiger partial charge in [0.25, 0.3) is 11.5 Å². The summed E-state index contributed by atoms with van der Waals surface area (Å²) in [6.07, 6.45) is 5.25. The van der Waals surface area contributed by atoms with E-state index in [4.69, 9.17) is 0 Å². The van der Waals surface area contributed by atoms with Crippen LogP contribution in [0, 0.1) is 0 Å². The van der Waals surface area contributed by atoms with E-state index >= 15 is 0 Å². The Morgan fingerprint density at radius 2 is 1.90 bits per heavy atom. The molecular weight excluding hydrogens is 264 g/mol. The maximum Gasteiger partial charge on any atom is 0.268 e. The molecule has 0 atom stereocenters. The molecule has 4 heteroatoms. The van der Waals surface area contributed by atoms with Crippen LogP contribution >= 0.6 is 0 Å². The molecule has 2 aliphatic rings. The molecule has 1 N–H and O–H groups in total. The lowest BCUT2D eigenvalue weighted by atomic mass is 9.93. The highest BCUT2D eigenvalue weighted by molar-refractivity contribution is 5.97. The Hall–Kier alpha value is -2.10. The molecule has 1 aromatic heterocycles. The number of carbonyl (C=O) groups excluding carboxylic acids is 1. The van der Waals surface area contributed by atoms with Gasteiger partial charge in [-0.25, -0.2) is 0 Å². The first-order valence-corrected chi connectivity index (χ1v) is 7.69. The summed E-state index contributed by atoms with van der Waals surface area (Å²) in [6, 6.07) is 9.85. The largest absolute Gasteiger partial charge is 0.348 e. The second kappa shape index (κ2) is 4.72. The number of aromatic nitrogens is 1. The molecule has 0 bridgehead atoms. The van der Waals surface area contributed by atoms with Gasteiger partial charge in [-0.2, -0.15) is 0 Å². The molecule has 0 aliphatic heterocycles. The van der Waals surface area contributed by atoms with Crippen LogP contribution in [0.1, 0.15) is 48.6 Å². The smallest absolute Gasteiger partial charge is 0.268 e. The van der Waals surface area contributed by atoms with Gasteiger partial charge in [-0.15, -0.1) is 0 Å². The van der Waals surface area contributed by atoms with Crippen LogP contribution in [0.3, 0.4) is 0 Å². The summed E-state index contributed by atoms with van der Waals surface area (Å²) in [6.45, 7) is 0. The van der Waals surface area contributed by atoms with E-state index in [2.05, 4.69) is 5.32 Å². The van der Waals surface area contributed by atoms with Crippen LogP contribution in [-0.4, -0.2) is 16.5 Å². The fourth-order valence-electron chi connectivity index (χ4n) is 2.96. The van der Waals surface area contributed by atoms with Crippen LogP contribution in [0.2, 0.25) is 0 Å². The van der Waals surface area contributed by atoms with Crippen molar-refractivity contribution in [3.63, 3.8) is 0 Å². The molecule has 21 heavy (non-hydrogen) atoms. The first-order chi connectivity index (χ1) is 10.2. The molecule has 2 saturated carbocycles. The summed E-state index contributed by atoms with van der Waals surface area (Å²) in [5.41, 5.74) is 0.488. The first kappa shape index (κ1) is 12.6. The zero-order chi connectivity index (χ0) is 14.4. The molecule has 0 radical (unpaired) electrons. The average molecular weight is 282 g/mol. The van der Waals surface area contributed by atoms with Gasteiger partial charge in [0.05, 0.1) is 0 Å². The number of fused-ring (bicyclic) bond motifs is 1. The summed E-state index contributed by atoms with van der Waals surface area (Å²) >= 11 is 0. The Morgan fingerprint density at radius 3 is 2.57 bits per heavy atom. The van der Waals surface area contributed by atoms with Crippen LogP contribution in [0.15, 0.2) is 35.1 Å². The minimum atomic E-state index is -0.102. The van der Waals surface area contributed by atoms with Crippen molar-refractivity contribution < 1.29 is 4.79 Å². The van der Waals surface area contributed by atoms with E-state index in [0.29, 0.717) is 11.1 Å². The zero-order valence-corrected chi connectivity index (χ0v) is 11.8. The van der Waals surface area contributed by atoms with Crippen molar-refractivity contribution in [3.05, 3.63) is 46.4 Å². The van der Waals surface area contributed by atoms with Crippen LogP contribution in [0.4, 0.5) is 0 Å². The van der Waals surface area contributed by atoms with E-state index in [1.165, 1.54) is 6.42 Å². The van der Waals surface area contributed by atoms with Gasteiger partial charge < -0.3 is 9.88 Å². The topological polar surface area (TPSA) is 51.1 Å². The molecule has 1 amide bonds. The van der Waals surface area contributed by atoms with Crippen molar-refractivity contribution in [1.29, 1.82) is 0 Å². The highest BCUT2D eigenvalue weighted by Crippen LogP contribution is 2.35. The normalized spacial score (nSPS) is 18.5. The SMILES string of the molecule is O=C(NC1CCC1)c1cc2ccccc2c(=O)n1C1CC1. The fraction of sp³-hybridized carbons (Fsp3) is 0.412. The van der Waals surface area contributed by atoms with Crippen molar-refractivity contribution >= 4 is 16.7 Å². The van der Waals surface area contributed by atoms with Crippen molar-refractivity contribution in [2.75, 3.05) is 0 Å². The predicted octanol–water partition coefficient (Wildman–Crippen LogP) is 2.62. The van der Waals surface area contributed by atoms with E-state index in [9.17, 15) is 9.59 Å². The fourth-order valence-corrected chi connectivity index (χ4v) is 2.96. The number of nitrogens with one attached hydrogen (secondary N) is 1. The van der Waals surface area contributed by atoms with Gasteiger partial charge >= 0.3 is 0 Å². The van der Waals surface area contributed by atoms with Crippen molar-refractivity contribution in [2.24, 2.45) is 0 Å². The molecule has 0 unspecified atom stereocenters. The van der Waals surface area contributed by atoms with E-state index in [0.717, 1.165) is 31.1 Å². The number of nitrogens with zero attached hydrogens (tertiary/aromatic N) is 1. The third kappa shape index (κ3) is 2.15. The Balaban J connectivity index is 1.83. The third-order valence-electron chi connectivity index (χ3n) is 4.55. The quantitative estimate of drug-likeness (QED) is 0.940. The predicted molar refractivity (Wildman–Crippen MR) is 81.6 cm³/mol. The van der Waals surface area contributed by atoms with Gasteiger partial charge in [0, 0.05) is 17.5 Å². The standard InChI is InChI=1S/C17H18N2O2/c20-16(18-12-5-3-6-12)15-10-11-4-1-2-7-14(11)17(21)19(15)13-8-9-13/h1-2,4,7,10,12-13H,3,5-6,8-9H2,(H,18,20). The number of carbonyl (C=O) groups is 1. The lowest BCUT2D eigenvalue weighted by Gasteiger charge is -2.27. The minimum absolute atomic E-state index is 0.0330. The van der Waals surface area contributed by atoms with E-state index < -0.39 is 0 Å². The van der Waals surface area contributed by atoms with Crippen LogP contribution in [0.5, 0.6) is 0 Å². The highest BCUT2D eigenvalue weighted by atomic mass is 16.2. The molecule has 1 aromatic carbocycles. The lowest BCUT2D eigenvalue weighted by molar-refractivity contribution is 0.0906. The van der Waals surface area contributed by atoms with Gasteiger partial charge in [0.2, 0.25) is 0 Å². The number of amides is 1. The molecule has 0 spiro atoms. The van der Waals surface area contributed by atoms with Gasteiger partial charge in [0.1, 0.15) is 5.69 Å². The number of hydrogen-bond acceptors (Lipinski definition) is 2. The highest BCUT2D eigenvalue weighted by Gasteiger charge is 2.30. The molecule has 108 valence electrons. The zero-order valence-electron chi connectivity index (χ0n) is 11.8. The molecule has 0 saturated heterocycles. The molecular formula is C17H18N2O2. The third-order valence-corrected chi connectivity index (χ3v) is 4.55. The van der Waals surface area contributed by atoms with Gasteiger partial charge in [-0.05, 0) is 49.6 Å². The average Bonchev–Trinajstić information content (AvgIpc) is 3.27. The number of benzene rings is 1. The van der Waals surface area contributed by atoms with Crippen LogP contribution in [-0.2, 0) is 0 Å². The molecule has 2 aromatic rings. The maximum atomic E-state index is 12.7. The Morgan fingerprint density at radius 1 is 1.14 bits per heavy atom. The minimum Gasteiger partial charge on any atom is -0.348 e. The van der Waals surface area contributed by atoms with E-state index in [1.54, 1.807) is 4.57 Å². The summed E-state index contributed by atoms with van der Waals surface area (Å²) in [7, 11) is 0. The van der Waals surface area contributed by atoms with Gasteiger partial charge in [0.15, 0.2) is 0 Å². The first-order valence-electron chi connectivity index (χ1n) is 7.69. The second-order valence-corrected chi connectivity index (χ2v) is 6.12. The molecule has 4 rings (SSSR count). The number of hydrogen-bond donors (Lipinski definition) is 1. The van der Waals surface area contributed by atoms with Crippen molar-refractivity contribution in [3.8, 4) is 0 Å². The van der Waals surface area contributed by atoms with Crippen molar-refractivity contribution in [2.45, 2.75) is 44.2 Å². The van der Waals surface area contributed by atoms with Crippen LogP contribution < -0.4 is 10.9 Å². The molecule has 2 fully saturated rings. The van der Waals surface area contributed by atoms with E-state index in [1.807, 2.05) is 30.3 Å². The lowest BCUT2D eigenvalue weighted by Crippen LogP contribution is -2.41. The Bertz CT molecular complexity index is 770. The van der Waals surface area contributed by atoms with Gasteiger partial charge in [-0.1, -0.05) is 18.2 Å². The molecule has 2 aliphatic carbocycles. The number of rotatable bonds is 3. The maximum absolute atomic E-state index is 12.7. The molecule has 1 heterocycles. The summed E-state index contributed by atoms with van der Waals surface area (Å²) in [5.74, 6) is -0.102. The Kier molecular flexibility index (Phi) is 2.84. The number of pyridine rings is 1.